The molecule has 0 spiro atoms. The summed E-state index contributed by atoms with van der Waals surface area (Å²) in [5.74, 6) is 0.615. The number of hydrogen-bond acceptors (Lipinski definition) is 7. The van der Waals surface area contributed by atoms with Gasteiger partial charge in [0.2, 0.25) is 9.84 Å². The molecule has 0 atom stereocenters. The van der Waals surface area contributed by atoms with E-state index in [-0.39, 0.29) is 22.0 Å². The molecule has 9 nitrogen and oxygen atoms in total. The number of fused-ring (bicyclic) bond motifs is 2. The molecule has 0 amide bonds. The molecule has 4 aromatic rings. The molecule has 146 valence electrons. The summed E-state index contributed by atoms with van der Waals surface area (Å²) in [6, 6.07) is 7.67. The van der Waals surface area contributed by atoms with Crippen LogP contribution in [0.4, 0.5) is 0 Å². The predicted octanol–water partition coefficient (Wildman–Crippen LogP) is 1.33. The molecule has 0 saturated heterocycles. The second kappa shape index (κ2) is 6.52. The molecule has 10 heteroatoms. The number of aromatic nitrogens is 5. The Morgan fingerprint density at radius 3 is 2.90 bits per heavy atom. The van der Waals surface area contributed by atoms with Gasteiger partial charge in [0.25, 0.3) is 5.56 Å². The normalized spacial score (nSPS) is 13.4. The molecule has 1 aliphatic rings. The van der Waals surface area contributed by atoms with Gasteiger partial charge in [0.1, 0.15) is 5.75 Å². The minimum atomic E-state index is -3.83. The van der Waals surface area contributed by atoms with Crippen molar-refractivity contribution in [3.63, 3.8) is 0 Å². The standard InChI is InChI=1S/C19H15N5O4S/c25-19-16-2-1-15(7-13(16)9-22-24(19)11-14-3-5-21-23-14)29(26,27)18-8-12-4-6-28-17(12)10-20-18/h1-3,5,7-10H,4,6,11H2,(H,21,23). The van der Waals surface area contributed by atoms with E-state index in [9.17, 15) is 13.2 Å². The molecule has 5 rings (SSSR count). The first-order valence-electron chi connectivity index (χ1n) is 8.87. The van der Waals surface area contributed by atoms with Crippen LogP contribution >= 0.6 is 0 Å². The average molecular weight is 409 g/mol. The van der Waals surface area contributed by atoms with Crippen LogP contribution in [0, 0.1) is 0 Å². The van der Waals surface area contributed by atoms with E-state index >= 15 is 0 Å². The molecule has 0 saturated carbocycles. The summed E-state index contributed by atoms with van der Waals surface area (Å²) in [7, 11) is -3.83. The number of aromatic amines is 1. The number of sulfone groups is 1. The summed E-state index contributed by atoms with van der Waals surface area (Å²) in [5, 5.41) is 11.6. The van der Waals surface area contributed by atoms with Crippen LogP contribution in [-0.4, -0.2) is 40.0 Å². The lowest BCUT2D eigenvalue weighted by molar-refractivity contribution is 0.355. The molecule has 0 bridgehead atoms. The van der Waals surface area contributed by atoms with Crippen molar-refractivity contribution < 1.29 is 13.2 Å². The SMILES string of the molecule is O=c1c2ccc(S(=O)(=O)c3cc4c(cn3)OCC4)cc2cnn1Cc1ccn[nH]1. The van der Waals surface area contributed by atoms with Crippen LogP contribution in [0.25, 0.3) is 10.8 Å². The van der Waals surface area contributed by atoms with E-state index in [2.05, 4.69) is 20.3 Å². The van der Waals surface area contributed by atoms with Crippen molar-refractivity contribution in [2.75, 3.05) is 6.61 Å². The summed E-state index contributed by atoms with van der Waals surface area (Å²) in [5.41, 5.74) is 1.25. The van der Waals surface area contributed by atoms with Crippen molar-refractivity contribution in [1.82, 2.24) is 25.0 Å². The summed E-state index contributed by atoms with van der Waals surface area (Å²) in [6.45, 7) is 0.767. The van der Waals surface area contributed by atoms with Gasteiger partial charge in [-0.25, -0.2) is 18.1 Å². The fraction of sp³-hybridized carbons (Fsp3) is 0.158. The minimum Gasteiger partial charge on any atom is -0.491 e. The van der Waals surface area contributed by atoms with Gasteiger partial charge >= 0.3 is 0 Å². The second-order valence-electron chi connectivity index (χ2n) is 6.67. The van der Waals surface area contributed by atoms with E-state index in [0.29, 0.717) is 29.5 Å². The van der Waals surface area contributed by atoms with Crippen molar-refractivity contribution >= 4 is 20.6 Å². The van der Waals surface area contributed by atoms with E-state index in [1.165, 1.54) is 35.3 Å². The number of hydrogen-bond donors (Lipinski definition) is 1. The Bertz CT molecular complexity index is 1390. The molecule has 1 aromatic carbocycles. The molecule has 0 aliphatic carbocycles. The minimum absolute atomic E-state index is 0.0401. The highest BCUT2D eigenvalue weighted by molar-refractivity contribution is 7.91. The molecule has 0 fully saturated rings. The van der Waals surface area contributed by atoms with Gasteiger partial charge in [0.05, 0.1) is 41.5 Å². The predicted molar refractivity (Wildman–Crippen MR) is 103 cm³/mol. The number of nitrogens with one attached hydrogen (secondary N) is 1. The van der Waals surface area contributed by atoms with Crippen LogP contribution in [0.2, 0.25) is 0 Å². The van der Waals surface area contributed by atoms with Crippen LogP contribution in [0.5, 0.6) is 5.75 Å². The Morgan fingerprint density at radius 2 is 2.07 bits per heavy atom. The van der Waals surface area contributed by atoms with Gasteiger partial charge < -0.3 is 4.74 Å². The monoisotopic (exact) mass is 409 g/mol. The van der Waals surface area contributed by atoms with Gasteiger partial charge in [-0.2, -0.15) is 10.2 Å². The zero-order valence-electron chi connectivity index (χ0n) is 15.1. The lowest BCUT2D eigenvalue weighted by atomic mass is 10.2. The number of nitrogens with zero attached hydrogens (tertiary/aromatic N) is 4. The quantitative estimate of drug-likeness (QED) is 0.540. The highest BCUT2D eigenvalue weighted by atomic mass is 32.2. The highest BCUT2D eigenvalue weighted by Gasteiger charge is 2.23. The maximum Gasteiger partial charge on any atom is 0.274 e. The first kappa shape index (κ1) is 17.6. The summed E-state index contributed by atoms with van der Waals surface area (Å²) in [6.07, 6.45) is 5.16. The van der Waals surface area contributed by atoms with E-state index in [1.54, 1.807) is 18.3 Å². The largest absolute Gasteiger partial charge is 0.491 e. The molecule has 0 radical (unpaired) electrons. The third-order valence-electron chi connectivity index (χ3n) is 4.84. The number of benzene rings is 1. The van der Waals surface area contributed by atoms with Gasteiger partial charge in [-0.3, -0.25) is 9.89 Å². The van der Waals surface area contributed by atoms with Gasteiger partial charge in [-0.1, -0.05) is 0 Å². The van der Waals surface area contributed by atoms with Gasteiger partial charge in [-0.05, 0) is 30.3 Å². The smallest absolute Gasteiger partial charge is 0.274 e. The molecular weight excluding hydrogens is 394 g/mol. The van der Waals surface area contributed by atoms with Crippen LogP contribution in [-0.2, 0) is 22.8 Å². The van der Waals surface area contributed by atoms with E-state index in [4.69, 9.17) is 4.74 Å². The molecule has 3 aromatic heterocycles. The highest BCUT2D eigenvalue weighted by Crippen LogP contribution is 2.29. The van der Waals surface area contributed by atoms with Crippen molar-refractivity contribution in [2.24, 2.45) is 0 Å². The Labute approximate surface area is 164 Å². The maximum atomic E-state index is 13.0. The molecule has 1 aliphatic heterocycles. The Balaban J connectivity index is 1.55. The maximum absolute atomic E-state index is 13.0. The van der Waals surface area contributed by atoms with E-state index in [0.717, 1.165) is 11.3 Å². The van der Waals surface area contributed by atoms with E-state index < -0.39 is 9.84 Å². The summed E-state index contributed by atoms with van der Waals surface area (Å²) in [4.78, 5) is 16.8. The Kier molecular flexibility index (Phi) is 3.95. The van der Waals surface area contributed by atoms with Crippen molar-refractivity contribution in [3.05, 3.63) is 70.5 Å². The lowest BCUT2D eigenvalue weighted by Crippen LogP contribution is -2.23. The third kappa shape index (κ3) is 2.97. The molecule has 4 heterocycles. The molecule has 29 heavy (non-hydrogen) atoms. The fourth-order valence-corrected chi connectivity index (χ4v) is 4.57. The average Bonchev–Trinajstić information content (AvgIpc) is 3.41. The van der Waals surface area contributed by atoms with Crippen LogP contribution in [0.15, 0.2) is 63.6 Å². The van der Waals surface area contributed by atoms with Gasteiger partial charge in [-0.15, -0.1) is 0 Å². The topological polar surface area (TPSA) is 120 Å². The first-order chi connectivity index (χ1) is 14.0. The zero-order valence-corrected chi connectivity index (χ0v) is 15.9. The fourth-order valence-electron chi connectivity index (χ4n) is 3.31. The van der Waals surface area contributed by atoms with Gasteiger partial charge in [0, 0.05) is 23.6 Å². The van der Waals surface area contributed by atoms with Crippen LogP contribution in [0.1, 0.15) is 11.3 Å². The number of ether oxygens (including phenoxy) is 1. The number of H-pyrrole nitrogens is 1. The molecular formula is C19H15N5O4S. The summed E-state index contributed by atoms with van der Waals surface area (Å²) < 4.78 is 32.7. The Morgan fingerprint density at radius 1 is 1.17 bits per heavy atom. The first-order valence-corrected chi connectivity index (χ1v) is 10.4. The zero-order chi connectivity index (χ0) is 20.0. The lowest BCUT2D eigenvalue weighted by Gasteiger charge is -2.08. The molecule has 0 unspecified atom stereocenters. The van der Waals surface area contributed by atoms with Crippen molar-refractivity contribution in [1.29, 1.82) is 0 Å². The van der Waals surface area contributed by atoms with Crippen molar-refractivity contribution in [2.45, 2.75) is 22.9 Å². The molecule has 1 N–H and O–H groups in total. The second-order valence-corrected chi connectivity index (χ2v) is 8.57. The summed E-state index contributed by atoms with van der Waals surface area (Å²) >= 11 is 0. The Hall–Kier alpha value is -3.53. The van der Waals surface area contributed by atoms with Gasteiger partial charge in [0.15, 0.2) is 5.03 Å². The number of pyridine rings is 1. The third-order valence-corrected chi connectivity index (χ3v) is 6.49. The van der Waals surface area contributed by atoms with Crippen molar-refractivity contribution in [3.8, 4) is 5.75 Å². The van der Waals surface area contributed by atoms with E-state index in [1.807, 2.05) is 0 Å². The number of rotatable bonds is 4. The van der Waals surface area contributed by atoms with Crippen LogP contribution < -0.4 is 10.3 Å². The van der Waals surface area contributed by atoms with Crippen LogP contribution in [0.3, 0.4) is 0 Å².